The zero-order valence-electron chi connectivity index (χ0n) is 14.7. The molecule has 1 amide bonds. The van der Waals surface area contributed by atoms with Gasteiger partial charge in [0.05, 0.1) is 13.2 Å². The number of nitrogens with zero attached hydrogens (tertiary/aromatic N) is 2. The molecule has 1 saturated heterocycles. The fraction of sp³-hybridized carbons (Fsp3) is 0.444. The Morgan fingerprint density at radius 3 is 2.60 bits per heavy atom. The first-order valence-electron chi connectivity index (χ1n) is 8.46. The van der Waals surface area contributed by atoms with Gasteiger partial charge in [0.2, 0.25) is 0 Å². The molecule has 1 aromatic carbocycles. The number of nitrogens with one attached hydrogen (secondary N) is 2. The van der Waals surface area contributed by atoms with Gasteiger partial charge >= 0.3 is 0 Å². The first-order chi connectivity index (χ1) is 12.2. The van der Waals surface area contributed by atoms with E-state index in [0.29, 0.717) is 43.5 Å². The highest BCUT2D eigenvalue weighted by atomic mass is 16.5. The minimum absolute atomic E-state index is 0.0775. The number of amides is 1. The third kappa shape index (κ3) is 5.13. The van der Waals surface area contributed by atoms with E-state index in [-0.39, 0.29) is 11.5 Å². The Balaban J connectivity index is 2.11. The Kier molecular flexibility index (Phi) is 7.11. The quantitative estimate of drug-likeness (QED) is 0.579. The van der Waals surface area contributed by atoms with Crippen molar-refractivity contribution in [2.75, 3.05) is 44.7 Å². The van der Waals surface area contributed by atoms with E-state index >= 15 is 0 Å². The van der Waals surface area contributed by atoms with Crippen LogP contribution in [0.2, 0.25) is 0 Å². The molecule has 0 spiro atoms. The van der Waals surface area contributed by atoms with Crippen LogP contribution in [0, 0.1) is 11.3 Å². The molecule has 134 valence electrons. The number of carbonyl (C=O) groups is 1. The van der Waals surface area contributed by atoms with Gasteiger partial charge in [-0.3, -0.25) is 4.79 Å². The summed E-state index contributed by atoms with van der Waals surface area (Å²) >= 11 is 0. The van der Waals surface area contributed by atoms with E-state index in [0.717, 1.165) is 13.1 Å². The maximum absolute atomic E-state index is 12.4. The maximum atomic E-state index is 12.4. The number of anilines is 1. The van der Waals surface area contributed by atoms with E-state index in [4.69, 9.17) is 9.47 Å². The van der Waals surface area contributed by atoms with E-state index in [2.05, 4.69) is 10.6 Å². The second-order valence-electron chi connectivity index (χ2n) is 5.38. The second kappa shape index (κ2) is 9.55. The lowest BCUT2D eigenvalue weighted by Gasteiger charge is -2.27. The first kappa shape index (κ1) is 18.6. The SMILES string of the molecule is CCOc1ccc(N/C=C(/C#N)C(=O)N2CCNCC2)cc1OCC. The van der Waals surface area contributed by atoms with Crippen molar-refractivity contribution in [1.29, 1.82) is 5.26 Å². The van der Waals surface area contributed by atoms with Crippen LogP contribution in [0.3, 0.4) is 0 Å². The van der Waals surface area contributed by atoms with Crippen LogP contribution >= 0.6 is 0 Å². The number of hydrogen-bond donors (Lipinski definition) is 2. The lowest BCUT2D eigenvalue weighted by molar-refractivity contribution is -0.127. The number of carbonyl (C=O) groups excluding carboxylic acids is 1. The molecule has 0 aliphatic carbocycles. The van der Waals surface area contributed by atoms with E-state index in [1.807, 2.05) is 26.0 Å². The Bertz CT molecular complexity index is 661. The zero-order chi connectivity index (χ0) is 18.1. The van der Waals surface area contributed by atoms with Crippen LogP contribution in [0.5, 0.6) is 11.5 Å². The monoisotopic (exact) mass is 344 g/mol. The van der Waals surface area contributed by atoms with Gasteiger partial charge in [-0.15, -0.1) is 0 Å². The van der Waals surface area contributed by atoms with Crippen molar-refractivity contribution in [2.45, 2.75) is 13.8 Å². The van der Waals surface area contributed by atoms with Gasteiger partial charge in [0.1, 0.15) is 11.6 Å². The lowest BCUT2D eigenvalue weighted by Crippen LogP contribution is -2.46. The fourth-order valence-corrected chi connectivity index (χ4v) is 2.48. The van der Waals surface area contributed by atoms with Crippen LogP contribution in [-0.4, -0.2) is 50.2 Å². The molecular weight excluding hydrogens is 320 g/mol. The molecule has 0 bridgehead atoms. The Morgan fingerprint density at radius 1 is 1.28 bits per heavy atom. The van der Waals surface area contributed by atoms with E-state index in [1.54, 1.807) is 17.0 Å². The number of hydrogen-bond acceptors (Lipinski definition) is 6. The summed E-state index contributed by atoms with van der Waals surface area (Å²) in [5.74, 6) is 1.03. The molecule has 1 fully saturated rings. The summed E-state index contributed by atoms with van der Waals surface area (Å²) in [6.45, 7) is 7.57. The van der Waals surface area contributed by atoms with Crippen LogP contribution in [-0.2, 0) is 4.79 Å². The zero-order valence-corrected chi connectivity index (χ0v) is 14.7. The predicted molar refractivity (Wildman–Crippen MR) is 95.5 cm³/mol. The summed E-state index contributed by atoms with van der Waals surface area (Å²) in [5.41, 5.74) is 0.793. The summed E-state index contributed by atoms with van der Waals surface area (Å²) < 4.78 is 11.1. The van der Waals surface area contributed by atoms with Gasteiger partial charge in [-0.2, -0.15) is 5.26 Å². The number of piperazine rings is 1. The number of nitriles is 1. The van der Waals surface area contributed by atoms with Crippen molar-refractivity contribution in [2.24, 2.45) is 0 Å². The molecule has 1 aliphatic rings. The van der Waals surface area contributed by atoms with Gasteiger partial charge in [0.25, 0.3) is 5.91 Å². The minimum atomic E-state index is -0.257. The molecule has 0 atom stereocenters. The molecule has 25 heavy (non-hydrogen) atoms. The fourth-order valence-electron chi connectivity index (χ4n) is 2.48. The van der Waals surface area contributed by atoms with E-state index < -0.39 is 0 Å². The normalized spacial score (nSPS) is 14.6. The van der Waals surface area contributed by atoms with Crippen molar-refractivity contribution in [3.8, 4) is 17.6 Å². The van der Waals surface area contributed by atoms with E-state index in [9.17, 15) is 10.1 Å². The topological polar surface area (TPSA) is 86.6 Å². The number of benzene rings is 1. The molecule has 0 aromatic heterocycles. The van der Waals surface area contributed by atoms with Gasteiger partial charge < -0.3 is 25.0 Å². The van der Waals surface area contributed by atoms with Crippen LogP contribution < -0.4 is 20.1 Å². The molecule has 2 N–H and O–H groups in total. The number of rotatable bonds is 7. The van der Waals surface area contributed by atoms with Crippen molar-refractivity contribution in [3.05, 3.63) is 30.0 Å². The van der Waals surface area contributed by atoms with Crippen molar-refractivity contribution in [3.63, 3.8) is 0 Å². The third-order valence-electron chi connectivity index (χ3n) is 3.68. The number of ether oxygens (including phenoxy) is 2. The van der Waals surface area contributed by atoms with Crippen molar-refractivity contribution >= 4 is 11.6 Å². The smallest absolute Gasteiger partial charge is 0.266 e. The van der Waals surface area contributed by atoms with Gasteiger partial charge in [0, 0.05) is 44.1 Å². The molecule has 7 heteroatoms. The molecule has 0 saturated carbocycles. The minimum Gasteiger partial charge on any atom is -0.490 e. The molecule has 7 nitrogen and oxygen atoms in total. The molecule has 1 aromatic rings. The highest BCUT2D eigenvalue weighted by molar-refractivity contribution is 5.97. The van der Waals surface area contributed by atoms with Gasteiger partial charge in [0.15, 0.2) is 11.5 Å². The highest BCUT2D eigenvalue weighted by Crippen LogP contribution is 2.30. The summed E-state index contributed by atoms with van der Waals surface area (Å²) in [5, 5.41) is 15.5. The Morgan fingerprint density at radius 2 is 1.96 bits per heavy atom. The van der Waals surface area contributed by atoms with Gasteiger partial charge in [-0.25, -0.2) is 0 Å². The maximum Gasteiger partial charge on any atom is 0.266 e. The molecule has 1 heterocycles. The standard InChI is InChI=1S/C18H24N4O3/c1-3-24-16-6-5-15(11-17(16)25-4-2)21-13-14(12-19)18(23)22-9-7-20-8-10-22/h5-6,11,13,20-21H,3-4,7-10H2,1-2H3/b14-13-. The molecule has 2 rings (SSSR count). The van der Waals surface area contributed by atoms with Crippen LogP contribution in [0.4, 0.5) is 5.69 Å². The molecule has 1 aliphatic heterocycles. The van der Waals surface area contributed by atoms with Crippen LogP contribution in [0.15, 0.2) is 30.0 Å². The summed E-state index contributed by atoms with van der Waals surface area (Å²) in [6, 6.07) is 7.37. The Hall–Kier alpha value is -2.72. The molecule has 0 radical (unpaired) electrons. The Labute approximate surface area is 148 Å². The largest absolute Gasteiger partial charge is 0.490 e. The van der Waals surface area contributed by atoms with Crippen molar-refractivity contribution in [1.82, 2.24) is 10.2 Å². The third-order valence-corrected chi connectivity index (χ3v) is 3.68. The summed E-state index contributed by atoms with van der Waals surface area (Å²) in [6.07, 6.45) is 1.44. The molecule has 0 unspecified atom stereocenters. The van der Waals surface area contributed by atoms with Crippen LogP contribution in [0.25, 0.3) is 0 Å². The summed E-state index contributed by atoms with van der Waals surface area (Å²) in [7, 11) is 0. The highest BCUT2D eigenvalue weighted by Gasteiger charge is 2.20. The predicted octanol–water partition coefficient (Wildman–Crippen LogP) is 1.74. The van der Waals surface area contributed by atoms with Crippen molar-refractivity contribution < 1.29 is 14.3 Å². The lowest BCUT2D eigenvalue weighted by atomic mass is 10.2. The second-order valence-corrected chi connectivity index (χ2v) is 5.38. The average molecular weight is 344 g/mol. The average Bonchev–Trinajstić information content (AvgIpc) is 2.65. The van der Waals surface area contributed by atoms with Crippen LogP contribution in [0.1, 0.15) is 13.8 Å². The molecular formula is C18H24N4O3. The van der Waals surface area contributed by atoms with Gasteiger partial charge in [-0.05, 0) is 26.0 Å². The first-order valence-corrected chi connectivity index (χ1v) is 8.46. The van der Waals surface area contributed by atoms with E-state index in [1.165, 1.54) is 6.20 Å². The van der Waals surface area contributed by atoms with Gasteiger partial charge in [-0.1, -0.05) is 0 Å². The summed E-state index contributed by atoms with van der Waals surface area (Å²) in [4.78, 5) is 14.1.